The lowest BCUT2D eigenvalue weighted by molar-refractivity contribution is 0.0445. The number of piperidine rings is 1. The van der Waals surface area contributed by atoms with Crippen LogP contribution >= 0.6 is 0 Å². The van der Waals surface area contributed by atoms with Crippen molar-refractivity contribution in [1.29, 1.82) is 0 Å². The van der Waals surface area contributed by atoms with Crippen LogP contribution in [0.4, 0.5) is 10.6 Å². The third-order valence-corrected chi connectivity index (χ3v) is 5.24. The summed E-state index contributed by atoms with van der Waals surface area (Å²) in [5, 5.41) is 0. The van der Waals surface area contributed by atoms with Gasteiger partial charge in [-0.1, -0.05) is 0 Å². The predicted octanol–water partition coefficient (Wildman–Crippen LogP) is 1.13. The Morgan fingerprint density at radius 1 is 1.16 bits per heavy atom. The zero-order chi connectivity index (χ0) is 17.4. The summed E-state index contributed by atoms with van der Waals surface area (Å²) < 4.78 is 5.63. The second-order valence-electron chi connectivity index (χ2n) is 7.19. The van der Waals surface area contributed by atoms with Crippen LogP contribution in [0.15, 0.2) is 12.4 Å². The maximum atomic E-state index is 12.5. The van der Waals surface area contributed by atoms with E-state index in [-0.39, 0.29) is 12.0 Å². The molecule has 8 nitrogen and oxygen atoms in total. The summed E-state index contributed by atoms with van der Waals surface area (Å²) >= 11 is 0. The topological polar surface area (TPSA) is 78.9 Å². The fourth-order valence-electron chi connectivity index (χ4n) is 3.99. The van der Waals surface area contributed by atoms with Gasteiger partial charge in [0.25, 0.3) is 5.91 Å². The van der Waals surface area contributed by atoms with Gasteiger partial charge in [-0.15, -0.1) is 0 Å². The molecule has 1 aromatic rings. The second kappa shape index (κ2) is 6.16. The molecule has 3 saturated heterocycles. The number of carbonyl (C=O) groups excluding carboxylic acids is 2. The van der Waals surface area contributed by atoms with Crippen LogP contribution < -0.4 is 4.90 Å². The molecule has 25 heavy (non-hydrogen) atoms. The molecule has 0 aromatic carbocycles. The molecular weight excluding hydrogens is 322 g/mol. The molecular formula is C17H23N5O3. The molecule has 0 N–H and O–H groups in total. The van der Waals surface area contributed by atoms with Crippen molar-refractivity contribution in [3.05, 3.63) is 18.1 Å². The van der Waals surface area contributed by atoms with Crippen LogP contribution in [0.1, 0.15) is 36.2 Å². The maximum absolute atomic E-state index is 12.5. The Morgan fingerprint density at radius 3 is 2.68 bits per heavy atom. The average molecular weight is 345 g/mol. The van der Waals surface area contributed by atoms with Crippen molar-refractivity contribution in [1.82, 2.24) is 19.8 Å². The monoisotopic (exact) mass is 345 g/mol. The van der Waals surface area contributed by atoms with Gasteiger partial charge in [-0.05, 0) is 25.7 Å². The first-order chi connectivity index (χ1) is 12.1. The first-order valence-corrected chi connectivity index (χ1v) is 8.87. The minimum atomic E-state index is -0.485. The van der Waals surface area contributed by atoms with Gasteiger partial charge in [-0.25, -0.2) is 9.78 Å². The van der Waals surface area contributed by atoms with Gasteiger partial charge in [0.1, 0.15) is 17.1 Å². The van der Waals surface area contributed by atoms with Crippen LogP contribution in [0.3, 0.4) is 0 Å². The summed E-state index contributed by atoms with van der Waals surface area (Å²) in [5.41, 5.74) is -0.0969. The van der Waals surface area contributed by atoms with E-state index < -0.39 is 5.60 Å². The van der Waals surface area contributed by atoms with E-state index in [0.29, 0.717) is 24.6 Å². The van der Waals surface area contributed by atoms with E-state index in [1.807, 2.05) is 4.90 Å². The molecule has 8 heteroatoms. The number of hydrogen-bond acceptors (Lipinski definition) is 6. The van der Waals surface area contributed by atoms with Crippen LogP contribution in [-0.2, 0) is 4.74 Å². The van der Waals surface area contributed by atoms with Gasteiger partial charge >= 0.3 is 6.09 Å². The molecule has 2 amide bonds. The molecule has 0 bridgehead atoms. The minimum Gasteiger partial charge on any atom is -0.439 e. The van der Waals surface area contributed by atoms with Gasteiger partial charge in [-0.2, -0.15) is 0 Å². The largest absolute Gasteiger partial charge is 0.439 e. The van der Waals surface area contributed by atoms with Crippen molar-refractivity contribution in [3.8, 4) is 0 Å². The van der Waals surface area contributed by atoms with Crippen LogP contribution in [0.5, 0.6) is 0 Å². The van der Waals surface area contributed by atoms with Crippen molar-refractivity contribution in [2.45, 2.75) is 31.3 Å². The van der Waals surface area contributed by atoms with Crippen LogP contribution in [0.25, 0.3) is 0 Å². The summed E-state index contributed by atoms with van der Waals surface area (Å²) in [4.78, 5) is 38.6. The first kappa shape index (κ1) is 16.1. The van der Waals surface area contributed by atoms with E-state index in [2.05, 4.69) is 14.9 Å². The standard InChI is InChI=1S/C17H23N5O3/c1-20-11-17(25-16(20)24)5-4-8-22(12-17)14-10-18-9-13(19-14)15(23)21-6-2-3-7-21/h9-10H,2-8,11-12H2,1H3. The number of nitrogens with zero attached hydrogens (tertiary/aromatic N) is 5. The molecule has 134 valence electrons. The van der Waals surface area contributed by atoms with Gasteiger partial charge in [-0.3, -0.25) is 9.78 Å². The Balaban J connectivity index is 1.52. The number of likely N-dealkylation sites (N-methyl/N-ethyl adjacent to an activating group) is 1. The van der Waals surface area contributed by atoms with Crippen molar-refractivity contribution in [3.63, 3.8) is 0 Å². The zero-order valence-corrected chi connectivity index (χ0v) is 14.5. The molecule has 1 spiro atoms. The number of aromatic nitrogens is 2. The highest BCUT2D eigenvalue weighted by atomic mass is 16.6. The molecule has 1 atom stereocenters. The normalized spacial score (nSPS) is 26.4. The Morgan fingerprint density at radius 2 is 1.96 bits per heavy atom. The SMILES string of the molecule is CN1CC2(CCCN(c3cncc(C(=O)N4CCCC4)n3)C2)OC1=O. The van der Waals surface area contributed by atoms with E-state index in [1.54, 1.807) is 18.1 Å². The maximum Gasteiger partial charge on any atom is 0.410 e. The van der Waals surface area contributed by atoms with Crippen molar-refractivity contribution >= 4 is 17.8 Å². The number of likely N-dealkylation sites (tertiary alicyclic amines) is 1. The highest BCUT2D eigenvalue weighted by Gasteiger charge is 2.46. The summed E-state index contributed by atoms with van der Waals surface area (Å²) in [6.45, 7) is 3.57. The van der Waals surface area contributed by atoms with E-state index in [1.165, 1.54) is 6.20 Å². The van der Waals surface area contributed by atoms with Crippen molar-refractivity contribution in [2.75, 3.05) is 44.7 Å². The highest BCUT2D eigenvalue weighted by Crippen LogP contribution is 2.33. The smallest absolute Gasteiger partial charge is 0.410 e. The Bertz CT molecular complexity index is 691. The van der Waals surface area contributed by atoms with E-state index in [4.69, 9.17) is 4.74 Å². The zero-order valence-electron chi connectivity index (χ0n) is 14.5. The summed E-state index contributed by atoms with van der Waals surface area (Å²) in [6.07, 6.45) is 6.80. The molecule has 0 radical (unpaired) electrons. The van der Waals surface area contributed by atoms with E-state index in [0.717, 1.165) is 45.3 Å². The molecule has 1 aromatic heterocycles. The Labute approximate surface area is 146 Å². The molecule has 4 heterocycles. The lowest BCUT2D eigenvalue weighted by Crippen LogP contribution is -2.51. The fraction of sp³-hybridized carbons (Fsp3) is 0.647. The summed E-state index contributed by atoms with van der Waals surface area (Å²) in [6, 6.07) is 0. The molecule has 3 fully saturated rings. The number of hydrogen-bond donors (Lipinski definition) is 0. The number of rotatable bonds is 2. The summed E-state index contributed by atoms with van der Waals surface area (Å²) in [5.74, 6) is 0.625. The van der Waals surface area contributed by atoms with Crippen molar-refractivity contribution < 1.29 is 14.3 Å². The Kier molecular flexibility index (Phi) is 3.97. The third-order valence-electron chi connectivity index (χ3n) is 5.24. The van der Waals surface area contributed by atoms with E-state index in [9.17, 15) is 9.59 Å². The average Bonchev–Trinajstić information content (AvgIpc) is 3.23. The lowest BCUT2D eigenvalue weighted by atomic mass is 9.93. The molecule has 3 aliphatic heterocycles. The van der Waals surface area contributed by atoms with Gasteiger partial charge in [0, 0.05) is 26.7 Å². The van der Waals surface area contributed by atoms with E-state index >= 15 is 0 Å². The fourth-order valence-corrected chi connectivity index (χ4v) is 3.99. The highest BCUT2D eigenvalue weighted by molar-refractivity contribution is 5.92. The summed E-state index contributed by atoms with van der Waals surface area (Å²) in [7, 11) is 1.76. The minimum absolute atomic E-state index is 0.0504. The first-order valence-electron chi connectivity index (χ1n) is 8.87. The number of anilines is 1. The lowest BCUT2D eigenvalue weighted by Gasteiger charge is -2.38. The van der Waals surface area contributed by atoms with Crippen LogP contribution in [0, 0.1) is 0 Å². The predicted molar refractivity (Wildman–Crippen MR) is 90.5 cm³/mol. The van der Waals surface area contributed by atoms with Gasteiger partial charge in [0.2, 0.25) is 0 Å². The van der Waals surface area contributed by atoms with Crippen molar-refractivity contribution in [2.24, 2.45) is 0 Å². The number of ether oxygens (including phenoxy) is 1. The van der Waals surface area contributed by atoms with Crippen LogP contribution in [0.2, 0.25) is 0 Å². The van der Waals surface area contributed by atoms with Gasteiger partial charge < -0.3 is 19.4 Å². The quantitative estimate of drug-likeness (QED) is 0.800. The van der Waals surface area contributed by atoms with Gasteiger partial charge in [0.05, 0.1) is 25.5 Å². The Hall–Kier alpha value is -2.38. The van der Waals surface area contributed by atoms with Gasteiger partial charge in [0.15, 0.2) is 0 Å². The number of amides is 2. The third kappa shape index (κ3) is 3.01. The second-order valence-corrected chi connectivity index (χ2v) is 7.19. The molecule has 4 rings (SSSR count). The molecule has 0 aliphatic carbocycles. The number of carbonyl (C=O) groups is 2. The van der Waals surface area contributed by atoms with Crippen LogP contribution in [-0.4, -0.2) is 77.1 Å². The molecule has 1 unspecified atom stereocenters. The molecule has 3 aliphatic rings. The molecule has 0 saturated carbocycles.